The van der Waals surface area contributed by atoms with Crippen LogP contribution >= 0.6 is 0 Å². The number of carbonyl (C=O) groups excluding carboxylic acids is 1. The van der Waals surface area contributed by atoms with Crippen LogP contribution in [0.2, 0.25) is 0 Å². The number of hydrogen-bond donors (Lipinski definition) is 3. The van der Waals surface area contributed by atoms with Crippen LogP contribution in [0.1, 0.15) is 31.4 Å². The smallest absolute Gasteiger partial charge is 0.330 e. The van der Waals surface area contributed by atoms with Crippen LogP contribution in [0.4, 0.5) is 0 Å². The Morgan fingerprint density at radius 2 is 1.95 bits per heavy atom. The standard InChI is InChI=1S/C14H18N2O3/c1-14(15,10-7-8-10)13(19)16-11(12(17)18)9-5-3-2-4-6-9/h2-6,10-11H,7-8,15H2,1H3,(H,16,19)(H,17,18)/t11-,14?/m0/s1. The number of rotatable bonds is 5. The first-order valence-corrected chi connectivity index (χ1v) is 6.30. The number of carboxylic acids is 1. The minimum atomic E-state index is -1.09. The Bertz CT molecular complexity index is 481. The molecule has 1 aromatic rings. The van der Waals surface area contributed by atoms with Gasteiger partial charge in [0.15, 0.2) is 6.04 Å². The maximum absolute atomic E-state index is 12.1. The zero-order chi connectivity index (χ0) is 14.0. The maximum atomic E-state index is 12.1. The molecule has 0 bridgehead atoms. The molecule has 19 heavy (non-hydrogen) atoms. The lowest BCUT2D eigenvalue weighted by Gasteiger charge is -2.25. The number of hydrogen-bond acceptors (Lipinski definition) is 3. The van der Waals surface area contributed by atoms with E-state index in [4.69, 9.17) is 5.73 Å². The lowest BCUT2D eigenvalue weighted by atomic mass is 9.95. The summed E-state index contributed by atoms with van der Waals surface area (Å²) in [6.07, 6.45) is 1.84. The molecule has 5 nitrogen and oxygen atoms in total. The molecule has 0 aromatic heterocycles. The molecule has 0 spiro atoms. The van der Waals surface area contributed by atoms with Crippen LogP contribution in [0.3, 0.4) is 0 Å². The first kappa shape index (κ1) is 13.5. The number of nitrogens with one attached hydrogen (secondary N) is 1. The van der Waals surface area contributed by atoms with E-state index in [1.807, 2.05) is 0 Å². The average molecular weight is 262 g/mol. The van der Waals surface area contributed by atoms with Gasteiger partial charge in [0.25, 0.3) is 0 Å². The van der Waals surface area contributed by atoms with Gasteiger partial charge >= 0.3 is 5.97 Å². The first-order chi connectivity index (χ1) is 8.93. The molecule has 1 aromatic carbocycles. The molecule has 1 aliphatic rings. The summed E-state index contributed by atoms with van der Waals surface area (Å²) in [5, 5.41) is 11.8. The van der Waals surface area contributed by atoms with E-state index in [0.29, 0.717) is 5.56 Å². The van der Waals surface area contributed by atoms with Gasteiger partial charge < -0.3 is 16.2 Å². The van der Waals surface area contributed by atoms with Gasteiger partial charge in [-0.25, -0.2) is 4.79 Å². The molecule has 0 aliphatic heterocycles. The summed E-state index contributed by atoms with van der Waals surface area (Å²) >= 11 is 0. The van der Waals surface area contributed by atoms with Crippen molar-refractivity contribution in [2.45, 2.75) is 31.3 Å². The highest BCUT2D eigenvalue weighted by atomic mass is 16.4. The molecule has 1 fully saturated rings. The summed E-state index contributed by atoms with van der Waals surface area (Å²) in [4.78, 5) is 23.4. The molecular weight excluding hydrogens is 244 g/mol. The van der Waals surface area contributed by atoms with Crippen molar-refractivity contribution >= 4 is 11.9 Å². The third-order valence-corrected chi connectivity index (χ3v) is 3.57. The third-order valence-electron chi connectivity index (χ3n) is 3.57. The molecule has 2 atom stereocenters. The van der Waals surface area contributed by atoms with Gasteiger partial charge in [-0.05, 0) is 31.2 Å². The summed E-state index contributed by atoms with van der Waals surface area (Å²) < 4.78 is 0. The summed E-state index contributed by atoms with van der Waals surface area (Å²) in [5.41, 5.74) is 5.53. The fourth-order valence-corrected chi connectivity index (χ4v) is 2.09. The maximum Gasteiger partial charge on any atom is 0.330 e. The van der Waals surface area contributed by atoms with E-state index in [0.717, 1.165) is 12.8 Å². The summed E-state index contributed by atoms with van der Waals surface area (Å²) in [6, 6.07) is 7.55. The SMILES string of the molecule is CC(N)(C(=O)N[C@H](C(=O)O)c1ccccc1)C1CC1. The molecular formula is C14H18N2O3. The second-order valence-electron chi connectivity index (χ2n) is 5.21. The number of carboxylic acid groups (broad SMARTS) is 1. The van der Waals surface area contributed by atoms with Crippen LogP contribution in [-0.4, -0.2) is 22.5 Å². The Kier molecular flexibility index (Phi) is 3.57. The average Bonchev–Trinajstić information content (AvgIpc) is 3.20. The molecule has 1 amide bonds. The lowest BCUT2D eigenvalue weighted by Crippen LogP contribution is -2.54. The van der Waals surface area contributed by atoms with Crippen LogP contribution in [-0.2, 0) is 9.59 Å². The molecule has 4 N–H and O–H groups in total. The van der Waals surface area contributed by atoms with Crippen molar-refractivity contribution in [3.63, 3.8) is 0 Å². The van der Waals surface area contributed by atoms with Gasteiger partial charge in [-0.15, -0.1) is 0 Å². The zero-order valence-corrected chi connectivity index (χ0v) is 10.8. The first-order valence-electron chi connectivity index (χ1n) is 6.30. The van der Waals surface area contributed by atoms with Crippen LogP contribution in [0.5, 0.6) is 0 Å². The van der Waals surface area contributed by atoms with Crippen molar-refractivity contribution in [2.24, 2.45) is 11.7 Å². The Balaban J connectivity index is 2.14. The fourth-order valence-electron chi connectivity index (χ4n) is 2.09. The molecule has 2 rings (SSSR count). The zero-order valence-electron chi connectivity index (χ0n) is 10.8. The van der Waals surface area contributed by atoms with Crippen molar-refractivity contribution in [3.05, 3.63) is 35.9 Å². The van der Waals surface area contributed by atoms with Crippen molar-refractivity contribution < 1.29 is 14.7 Å². The number of carbonyl (C=O) groups is 2. The number of amides is 1. The monoisotopic (exact) mass is 262 g/mol. The number of aliphatic carboxylic acids is 1. The highest BCUT2D eigenvalue weighted by Gasteiger charge is 2.45. The molecule has 5 heteroatoms. The molecule has 0 heterocycles. The molecule has 102 valence electrons. The fraction of sp³-hybridized carbons (Fsp3) is 0.429. The molecule has 0 saturated heterocycles. The van der Waals surface area contributed by atoms with E-state index >= 15 is 0 Å². The second-order valence-corrected chi connectivity index (χ2v) is 5.21. The van der Waals surface area contributed by atoms with Crippen molar-refractivity contribution in [1.29, 1.82) is 0 Å². The van der Waals surface area contributed by atoms with Crippen molar-refractivity contribution in [1.82, 2.24) is 5.32 Å². The van der Waals surface area contributed by atoms with E-state index in [1.54, 1.807) is 37.3 Å². The molecule has 1 unspecified atom stereocenters. The quantitative estimate of drug-likeness (QED) is 0.739. The normalized spacial score (nSPS) is 19.3. The van der Waals surface area contributed by atoms with E-state index < -0.39 is 23.5 Å². The van der Waals surface area contributed by atoms with Gasteiger partial charge in [0, 0.05) is 0 Å². The largest absolute Gasteiger partial charge is 0.479 e. The number of nitrogens with two attached hydrogens (primary N) is 1. The minimum absolute atomic E-state index is 0.151. The Hall–Kier alpha value is -1.88. The summed E-state index contributed by atoms with van der Waals surface area (Å²) in [7, 11) is 0. The van der Waals surface area contributed by atoms with Crippen LogP contribution < -0.4 is 11.1 Å². The number of benzene rings is 1. The van der Waals surface area contributed by atoms with Gasteiger partial charge in [0.2, 0.25) is 5.91 Å². The van der Waals surface area contributed by atoms with E-state index in [2.05, 4.69) is 5.32 Å². The summed E-state index contributed by atoms with van der Waals surface area (Å²) in [5.74, 6) is -1.35. The predicted octanol–water partition coefficient (Wildman–Crippen LogP) is 1.06. The Morgan fingerprint density at radius 1 is 1.37 bits per heavy atom. The van der Waals surface area contributed by atoms with Crippen molar-refractivity contribution in [2.75, 3.05) is 0 Å². The predicted molar refractivity (Wildman–Crippen MR) is 70.3 cm³/mol. The summed E-state index contributed by atoms with van der Waals surface area (Å²) in [6.45, 7) is 1.66. The highest BCUT2D eigenvalue weighted by molar-refractivity contribution is 5.90. The Labute approximate surface area is 111 Å². The minimum Gasteiger partial charge on any atom is -0.479 e. The van der Waals surface area contributed by atoms with Gasteiger partial charge in [0.1, 0.15) is 0 Å². The van der Waals surface area contributed by atoms with Crippen molar-refractivity contribution in [3.8, 4) is 0 Å². The third kappa shape index (κ3) is 2.93. The van der Waals surface area contributed by atoms with Gasteiger partial charge in [-0.3, -0.25) is 4.79 Å². The van der Waals surface area contributed by atoms with Crippen LogP contribution in [0.25, 0.3) is 0 Å². The highest BCUT2D eigenvalue weighted by Crippen LogP contribution is 2.38. The van der Waals surface area contributed by atoms with Gasteiger partial charge in [-0.1, -0.05) is 30.3 Å². The molecule has 1 saturated carbocycles. The Morgan fingerprint density at radius 3 is 2.42 bits per heavy atom. The van der Waals surface area contributed by atoms with E-state index in [1.165, 1.54) is 0 Å². The van der Waals surface area contributed by atoms with E-state index in [9.17, 15) is 14.7 Å². The van der Waals surface area contributed by atoms with Crippen LogP contribution in [0, 0.1) is 5.92 Å². The second kappa shape index (κ2) is 5.01. The lowest BCUT2D eigenvalue weighted by molar-refractivity contribution is -0.143. The van der Waals surface area contributed by atoms with Gasteiger partial charge in [-0.2, -0.15) is 0 Å². The molecule has 0 radical (unpaired) electrons. The molecule has 1 aliphatic carbocycles. The van der Waals surface area contributed by atoms with Crippen LogP contribution in [0.15, 0.2) is 30.3 Å². The van der Waals surface area contributed by atoms with E-state index in [-0.39, 0.29) is 5.92 Å². The van der Waals surface area contributed by atoms with Gasteiger partial charge in [0.05, 0.1) is 5.54 Å². The topological polar surface area (TPSA) is 92.4 Å².